The Morgan fingerprint density at radius 2 is 2.00 bits per heavy atom. The van der Waals surface area contributed by atoms with E-state index in [1.807, 2.05) is 0 Å². The van der Waals surface area contributed by atoms with Gasteiger partial charge in [-0.3, -0.25) is 4.99 Å². The highest BCUT2D eigenvalue weighted by Crippen LogP contribution is 2.17. The third-order valence-electron chi connectivity index (χ3n) is 4.50. The van der Waals surface area contributed by atoms with E-state index in [0.717, 1.165) is 44.9 Å². The molecular formula is C16H32IN3O4S. The van der Waals surface area contributed by atoms with E-state index in [1.165, 1.54) is 19.1 Å². The van der Waals surface area contributed by atoms with Crippen molar-refractivity contribution < 1.29 is 17.9 Å². The standard InChI is InChI=1S/C16H31N3O4S.HI/c1-17-16(18-8-12-24(2,20)21)19-9-6-14(7-10-19)23-13-15-5-3-4-11-22-15;/h14-15H,3-13H2,1-2H3,(H,17,18);1H. The molecule has 1 atom stereocenters. The van der Waals surface area contributed by atoms with E-state index in [9.17, 15) is 8.42 Å². The molecule has 7 nitrogen and oxygen atoms in total. The maximum atomic E-state index is 11.2. The number of aliphatic imine (C=N–C) groups is 1. The lowest BCUT2D eigenvalue weighted by Crippen LogP contribution is -2.48. The summed E-state index contributed by atoms with van der Waals surface area (Å²) in [6, 6.07) is 0. The number of rotatable bonds is 6. The van der Waals surface area contributed by atoms with Crippen molar-refractivity contribution in [2.75, 3.05) is 51.9 Å². The van der Waals surface area contributed by atoms with Crippen LogP contribution in [-0.4, -0.2) is 83.4 Å². The molecule has 0 aromatic heterocycles. The predicted octanol–water partition coefficient (Wildman–Crippen LogP) is 1.27. The van der Waals surface area contributed by atoms with Gasteiger partial charge in [-0.2, -0.15) is 0 Å². The third-order valence-corrected chi connectivity index (χ3v) is 5.45. The number of nitrogens with one attached hydrogen (secondary N) is 1. The molecule has 0 saturated carbocycles. The second kappa shape index (κ2) is 11.6. The number of sulfone groups is 1. The minimum Gasteiger partial charge on any atom is -0.376 e. The molecule has 0 spiro atoms. The molecular weight excluding hydrogens is 457 g/mol. The SMILES string of the molecule is CN=C(NCCS(C)(=O)=O)N1CCC(OCC2CCCCO2)CC1.I. The normalized spacial score (nSPS) is 23.2. The number of piperidine rings is 1. The van der Waals surface area contributed by atoms with E-state index in [4.69, 9.17) is 9.47 Å². The molecule has 0 radical (unpaired) electrons. The molecule has 0 aliphatic carbocycles. The molecule has 9 heteroatoms. The predicted molar refractivity (Wildman–Crippen MR) is 111 cm³/mol. The average molecular weight is 489 g/mol. The van der Waals surface area contributed by atoms with Crippen LogP contribution < -0.4 is 5.32 Å². The van der Waals surface area contributed by atoms with Gasteiger partial charge in [0.05, 0.1) is 24.6 Å². The summed E-state index contributed by atoms with van der Waals surface area (Å²) < 4.78 is 34.1. The van der Waals surface area contributed by atoms with Gasteiger partial charge < -0.3 is 19.7 Å². The van der Waals surface area contributed by atoms with Gasteiger partial charge >= 0.3 is 0 Å². The second-order valence-corrected chi connectivity index (χ2v) is 8.87. The number of hydrogen-bond donors (Lipinski definition) is 1. The maximum Gasteiger partial charge on any atom is 0.193 e. The molecule has 0 bridgehead atoms. The van der Waals surface area contributed by atoms with Gasteiger partial charge in [0, 0.05) is 39.5 Å². The zero-order valence-electron chi connectivity index (χ0n) is 15.3. The summed E-state index contributed by atoms with van der Waals surface area (Å²) in [5.74, 6) is 0.889. The molecule has 2 saturated heterocycles. The van der Waals surface area contributed by atoms with Crippen molar-refractivity contribution in [2.24, 2.45) is 4.99 Å². The largest absolute Gasteiger partial charge is 0.376 e. The molecule has 2 aliphatic rings. The van der Waals surface area contributed by atoms with Crippen LogP contribution in [0.4, 0.5) is 0 Å². The van der Waals surface area contributed by atoms with Crippen molar-refractivity contribution in [3.05, 3.63) is 0 Å². The molecule has 2 fully saturated rings. The van der Waals surface area contributed by atoms with Gasteiger partial charge in [0.1, 0.15) is 9.84 Å². The first kappa shape index (κ1) is 22.9. The number of hydrogen-bond acceptors (Lipinski definition) is 5. The van der Waals surface area contributed by atoms with E-state index in [2.05, 4.69) is 15.2 Å². The lowest BCUT2D eigenvalue weighted by molar-refractivity contribution is -0.0721. The van der Waals surface area contributed by atoms with E-state index in [0.29, 0.717) is 13.2 Å². The van der Waals surface area contributed by atoms with Crippen LogP contribution in [0.15, 0.2) is 4.99 Å². The van der Waals surface area contributed by atoms with Crippen LogP contribution in [0.1, 0.15) is 32.1 Å². The topological polar surface area (TPSA) is 80.2 Å². The highest BCUT2D eigenvalue weighted by Gasteiger charge is 2.23. The van der Waals surface area contributed by atoms with Gasteiger partial charge in [-0.15, -0.1) is 24.0 Å². The van der Waals surface area contributed by atoms with E-state index in [1.54, 1.807) is 7.05 Å². The van der Waals surface area contributed by atoms with Crippen molar-refractivity contribution in [1.82, 2.24) is 10.2 Å². The lowest BCUT2D eigenvalue weighted by atomic mass is 10.1. The van der Waals surface area contributed by atoms with Gasteiger partial charge in [-0.25, -0.2) is 8.42 Å². The molecule has 1 N–H and O–H groups in total. The maximum absolute atomic E-state index is 11.2. The summed E-state index contributed by atoms with van der Waals surface area (Å²) in [5, 5.41) is 3.13. The monoisotopic (exact) mass is 489 g/mol. The van der Waals surface area contributed by atoms with Crippen LogP contribution >= 0.6 is 24.0 Å². The number of halogens is 1. The zero-order chi connectivity index (χ0) is 17.4. The highest BCUT2D eigenvalue weighted by molar-refractivity contribution is 14.0. The Hall–Kier alpha value is -0.130. The summed E-state index contributed by atoms with van der Waals surface area (Å²) in [7, 11) is -1.23. The number of nitrogens with zero attached hydrogens (tertiary/aromatic N) is 2. The van der Waals surface area contributed by atoms with Crippen LogP contribution in [0.3, 0.4) is 0 Å². The summed E-state index contributed by atoms with van der Waals surface area (Å²) in [6.07, 6.45) is 7.22. The Balaban J connectivity index is 0.00000312. The number of likely N-dealkylation sites (tertiary alicyclic amines) is 1. The van der Waals surface area contributed by atoms with Crippen molar-refractivity contribution in [3.63, 3.8) is 0 Å². The van der Waals surface area contributed by atoms with E-state index in [-0.39, 0.29) is 41.9 Å². The summed E-state index contributed by atoms with van der Waals surface area (Å²) in [5.41, 5.74) is 0. The van der Waals surface area contributed by atoms with E-state index >= 15 is 0 Å². The Kier molecular flexibility index (Phi) is 10.6. The molecule has 2 rings (SSSR count). The molecule has 148 valence electrons. The lowest BCUT2D eigenvalue weighted by Gasteiger charge is -2.35. The van der Waals surface area contributed by atoms with Crippen LogP contribution in [-0.2, 0) is 19.3 Å². The fourth-order valence-electron chi connectivity index (χ4n) is 3.10. The van der Waals surface area contributed by atoms with Crippen LogP contribution in [0, 0.1) is 0 Å². The van der Waals surface area contributed by atoms with Crippen molar-refractivity contribution in [2.45, 2.75) is 44.3 Å². The van der Waals surface area contributed by atoms with Gasteiger partial charge in [-0.05, 0) is 32.1 Å². The first-order chi connectivity index (χ1) is 11.5. The quantitative estimate of drug-likeness (QED) is 0.344. The van der Waals surface area contributed by atoms with Gasteiger partial charge in [0.25, 0.3) is 0 Å². The van der Waals surface area contributed by atoms with E-state index < -0.39 is 9.84 Å². The van der Waals surface area contributed by atoms with Crippen LogP contribution in [0.5, 0.6) is 0 Å². The zero-order valence-corrected chi connectivity index (χ0v) is 18.4. The van der Waals surface area contributed by atoms with Gasteiger partial charge in [0.15, 0.2) is 5.96 Å². The molecule has 0 aromatic carbocycles. The molecule has 0 aromatic rings. The molecule has 0 amide bonds. The minimum absolute atomic E-state index is 0. The smallest absolute Gasteiger partial charge is 0.193 e. The Labute approximate surface area is 168 Å². The van der Waals surface area contributed by atoms with Crippen molar-refractivity contribution in [1.29, 1.82) is 0 Å². The Morgan fingerprint density at radius 3 is 2.56 bits per heavy atom. The second-order valence-electron chi connectivity index (χ2n) is 6.61. The van der Waals surface area contributed by atoms with Crippen molar-refractivity contribution in [3.8, 4) is 0 Å². The summed E-state index contributed by atoms with van der Waals surface area (Å²) >= 11 is 0. The number of ether oxygens (including phenoxy) is 2. The molecule has 1 unspecified atom stereocenters. The summed E-state index contributed by atoms with van der Waals surface area (Å²) in [6.45, 7) is 3.69. The summed E-state index contributed by atoms with van der Waals surface area (Å²) in [4.78, 5) is 6.42. The van der Waals surface area contributed by atoms with Crippen LogP contribution in [0.25, 0.3) is 0 Å². The van der Waals surface area contributed by atoms with Gasteiger partial charge in [-0.1, -0.05) is 0 Å². The molecule has 2 heterocycles. The van der Waals surface area contributed by atoms with Gasteiger partial charge in [0.2, 0.25) is 0 Å². The first-order valence-electron chi connectivity index (χ1n) is 8.84. The number of guanidine groups is 1. The fraction of sp³-hybridized carbons (Fsp3) is 0.938. The average Bonchev–Trinajstić information content (AvgIpc) is 2.57. The first-order valence-corrected chi connectivity index (χ1v) is 10.9. The Morgan fingerprint density at radius 1 is 1.28 bits per heavy atom. The fourth-order valence-corrected chi connectivity index (χ4v) is 3.57. The molecule has 25 heavy (non-hydrogen) atoms. The highest BCUT2D eigenvalue weighted by atomic mass is 127. The minimum atomic E-state index is -2.95. The third kappa shape index (κ3) is 8.87. The Bertz CT molecular complexity index is 502. The molecule has 2 aliphatic heterocycles. The van der Waals surface area contributed by atoms with Crippen LogP contribution in [0.2, 0.25) is 0 Å². The van der Waals surface area contributed by atoms with Crippen molar-refractivity contribution >= 4 is 39.8 Å².